The van der Waals surface area contributed by atoms with Gasteiger partial charge < -0.3 is 20.0 Å². The topological polar surface area (TPSA) is 81.9 Å². The summed E-state index contributed by atoms with van der Waals surface area (Å²) >= 11 is 6.00. The third-order valence-corrected chi connectivity index (χ3v) is 4.22. The van der Waals surface area contributed by atoms with Crippen molar-refractivity contribution in [2.75, 3.05) is 5.32 Å². The summed E-state index contributed by atoms with van der Waals surface area (Å²) in [6.45, 7) is 2.34. The van der Waals surface area contributed by atoms with Crippen LogP contribution in [0.1, 0.15) is 24.8 Å². The SMILES string of the molecule is CC[C@H](N)Cc1c(F)c2c(NCc3ccco3)nc(Cl)nc2n1C. The first-order valence-corrected chi connectivity index (χ1v) is 8.11. The molecule has 24 heavy (non-hydrogen) atoms. The number of aryl methyl sites for hydroxylation is 1. The van der Waals surface area contributed by atoms with Crippen LogP contribution in [0.15, 0.2) is 22.8 Å². The molecule has 128 valence electrons. The number of fused-ring (bicyclic) bond motifs is 1. The van der Waals surface area contributed by atoms with Gasteiger partial charge in [0.05, 0.1) is 23.9 Å². The molecule has 0 bridgehead atoms. The van der Waals surface area contributed by atoms with Gasteiger partial charge >= 0.3 is 0 Å². The highest BCUT2D eigenvalue weighted by molar-refractivity contribution is 6.28. The predicted molar refractivity (Wildman–Crippen MR) is 91.5 cm³/mol. The lowest BCUT2D eigenvalue weighted by Crippen LogP contribution is -2.23. The second kappa shape index (κ2) is 6.78. The zero-order chi connectivity index (χ0) is 17.3. The molecular weight excluding hydrogens is 333 g/mol. The van der Waals surface area contributed by atoms with E-state index in [-0.39, 0.29) is 17.1 Å². The standard InChI is InChI=1S/C16H19ClFN5O/c1-3-9(19)7-11-13(18)12-14(20-8-10-5-4-6-24-10)21-16(17)22-15(12)23(11)2/h4-6,9H,3,7-8,19H2,1-2H3,(H,20,21,22)/t9-/m0/s1. The Hall–Kier alpha value is -2.12. The van der Waals surface area contributed by atoms with Gasteiger partial charge in [-0.2, -0.15) is 9.97 Å². The minimum Gasteiger partial charge on any atom is -0.467 e. The highest BCUT2D eigenvalue weighted by atomic mass is 35.5. The number of anilines is 1. The third kappa shape index (κ3) is 3.09. The van der Waals surface area contributed by atoms with E-state index in [0.29, 0.717) is 41.3 Å². The summed E-state index contributed by atoms with van der Waals surface area (Å²) in [5, 5.41) is 3.43. The fourth-order valence-electron chi connectivity index (χ4n) is 2.62. The molecule has 3 aromatic heterocycles. The molecule has 0 aliphatic heterocycles. The van der Waals surface area contributed by atoms with E-state index in [9.17, 15) is 4.39 Å². The van der Waals surface area contributed by atoms with Crippen LogP contribution < -0.4 is 11.1 Å². The van der Waals surface area contributed by atoms with Gasteiger partial charge in [0.25, 0.3) is 0 Å². The van der Waals surface area contributed by atoms with Crippen molar-refractivity contribution in [3.63, 3.8) is 0 Å². The van der Waals surface area contributed by atoms with Gasteiger partial charge in [-0.25, -0.2) is 4.39 Å². The molecule has 0 fully saturated rings. The second-order valence-corrected chi connectivity index (χ2v) is 6.00. The van der Waals surface area contributed by atoms with Gasteiger partial charge in [0.1, 0.15) is 17.2 Å². The van der Waals surface area contributed by atoms with Crippen molar-refractivity contribution in [3.05, 3.63) is 41.0 Å². The monoisotopic (exact) mass is 351 g/mol. The van der Waals surface area contributed by atoms with Gasteiger partial charge in [-0.05, 0) is 30.2 Å². The average Bonchev–Trinajstić information content (AvgIpc) is 3.16. The first-order valence-electron chi connectivity index (χ1n) is 7.73. The van der Waals surface area contributed by atoms with E-state index in [2.05, 4.69) is 15.3 Å². The van der Waals surface area contributed by atoms with Crippen molar-refractivity contribution >= 4 is 28.5 Å². The molecular formula is C16H19ClFN5O. The molecule has 3 N–H and O–H groups in total. The summed E-state index contributed by atoms with van der Waals surface area (Å²) in [6.07, 6.45) is 2.76. The Morgan fingerprint density at radius 3 is 2.92 bits per heavy atom. The van der Waals surface area contributed by atoms with Crippen molar-refractivity contribution in [2.24, 2.45) is 12.8 Å². The first-order chi connectivity index (χ1) is 11.5. The first kappa shape index (κ1) is 16.7. The summed E-state index contributed by atoms with van der Waals surface area (Å²) < 4.78 is 21.9. The molecule has 0 amide bonds. The minimum absolute atomic E-state index is 0.0522. The number of nitrogens with two attached hydrogens (primary N) is 1. The number of halogens is 2. The smallest absolute Gasteiger partial charge is 0.226 e. The third-order valence-electron chi connectivity index (χ3n) is 4.05. The Bertz CT molecular complexity index is 846. The van der Waals surface area contributed by atoms with Crippen molar-refractivity contribution in [2.45, 2.75) is 32.4 Å². The highest BCUT2D eigenvalue weighted by Crippen LogP contribution is 2.30. The van der Waals surface area contributed by atoms with E-state index < -0.39 is 0 Å². The molecule has 0 aliphatic carbocycles. The molecule has 8 heteroatoms. The van der Waals surface area contributed by atoms with Crippen LogP contribution in [-0.2, 0) is 20.0 Å². The highest BCUT2D eigenvalue weighted by Gasteiger charge is 2.22. The summed E-state index contributed by atoms with van der Waals surface area (Å²) in [5.41, 5.74) is 6.92. The molecule has 0 saturated heterocycles. The van der Waals surface area contributed by atoms with Crippen LogP contribution in [0.5, 0.6) is 0 Å². The van der Waals surface area contributed by atoms with E-state index in [4.69, 9.17) is 21.8 Å². The molecule has 0 aliphatic rings. The molecule has 3 heterocycles. The molecule has 0 aromatic carbocycles. The van der Waals surface area contributed by atoms with E-state index in [1.165, 1.54) is 0 Å². The minimum atomic E-state index is -0.366. The lowest BCUT2D eigenvalue weighted by molar-refractivity contribution is 0.518. The predicted octanol–water partition coefficient (Wildman–Crippen LogP) is 3.25. The van der Waals surface area contributed by atoms with Crippen LogP contribution in [0, 0.1) is 5.82 Å². The van der Waals surface area contributed by atoms with Crippen LogP contribution in [0.3, 0.4) is 0 Å². The van der Waals surface area contributed by atoms with Gasteiger partial charge in [-0.3, -0.25) is 0 Å². The van der Waals surface area contributed by atoms with E-state index in [1.807, 2.05) is 13.0 Å². The van der Waals surface area contributed by atoms with E-state index >= 15 is 0 Å². The van der Waals surface area contributed by atoms with Crippen molar-refractivity contribution in [1.82, 2.24) is 14.5 Å². The summed E-state index contributed by atoms with van der Waals surface area (Å²) in [5.74, 6) is 0.684. The van der Waals surface area contributed by atoms with E-state index in [1.54, 1.807) is 23.9 Å². The number of hydrogen-bond acceptors (Lipinski definition) is 5. The second-order valence-electron chi connectivity index (χ2n) is 5.66. The summed E-state index contributed by atoms with van der Waals surface area (Å²) in [7, 11) is 1.75. The zero-order valence-corrected chi connectivity index (χ0v) is 14.3. The van der Waals surface area contributed by atoms with Crippen LogP contribution in [0.25, 0.3) is 11.0 Å². The van der Waals surface area contributed by atoms with Gasteiger partial charge in [0.15, 0.2) is 5.82 Å². The Morgan fingerprint density at radius 2 is 2.25 bits per heavy atom. The Labute approximate surface area is 143 Å². The van der Waals surface area contributed by atoms with Crippen LogP contribution in [0.2, 0.25) is 5.28 Å². The summed E-state index contributed by atoms with van der Waals surface area (Å²) in [6, 6.07) is 3.48. The Kier molecular flexibility index (Phi) is 4.73. The fraction of sp³-hybridized carbons (Fsp3) is 0.375. The number of furan rings is 1. The van der Waals surface area contributed by atoms with Gasteiger partial charge in [0, 0.05) is 19.5 Å². The summed E-state index contributed by atoms with van der Waals surface area (Å²) in [4.78, 5) is 8.30. The van der Waals surface area contributed by atoms with Crippen molar-refractivity contribution < 1.29 is 8.81 Å². The fourth-order valence-corrected chi connectivity index (χ4v) is 2.78. The molecule has 3 rings (SSSR count). The number of nitrogens with one attached hydrogen (secondary N) is 1. The zero-order valence-electron chi connectivity index (χ0n) is 13.5. The molecule has 0 saturated carbocycles. The molecule has 1 atom stereocenters. The van der Waals surface area contributed by atoms with Gasteiger partial charge in [-0.1, -0.05) is 6.92 Å². The Morgan fingerprint density at radius 1 is 1.46 bits per heavy atom. The molecule has 6 nitrogen and oxygen atoms in total. The quantitative estimate of drug-likeness (QED) is 0.666. The molecule has 0 radical (unpaired) electrons. The number of aromatic nitrogens is 3. The van der Waals surface area contributed by atoms with Crippen LogP contribution in [0.4, 0.5) is 10.2 Å². The number of hydrogen-bond donors (Lipinski definition) is 2. The lowest BCUT2D eigenvalue weighted by atomic mass is 10.1. The van der Waals surface area contributed by atoms with Gasteiger partial charge in [0.2, 0.25) is 5.28 Å². The van der Waals surface area contributed by atoms with Crippen LogP contribution >= 0.6 is 11.6 Å². The van der Waals surface area contributed by atoms with E-state index in [0.717, 1.165) is 6.42 Å². The van der Waals surface area contributed by atoms with Crippen LogP contribution in [-0.4, -0.2) is 20.6 Å². The molecule has 0 unspecified atom stereocenters. The maximum absolute atomic E-state index is 15.0. The largest absolute Gasteiger partial charge is 0.467 e. The number of rotatable bonds is 6. The maximum Gasteiger partial charge on any atom is 0.226 e. The molecule has 0 spiro atoms. The number of nitrogens with zero attached hydrogens (tertiary/aromatic N) is 3. The van der Waals surface area contributed by atoms with Gasteiger partial charge in [-0.15, -0.1) is 0 Å². The molecule has 3 aromatic rings. The Balaban J connectivity index is 2.03. The lowest BCUT2D eigenvalue weighted by Gasteiger charge is -2.09. The van der Waals surface area contributed by atoms with Crippen molar-refractivity contribution in [1.29, 1.82) is 0 Å². The van der Waals surface area contributed by atoms with Crippen molar-refractivity contribution in [3.8, 4) is 0 Å². The maximum atomic E-state index is 15.0. The normalized spacial score (nSPS) is 12.7. The average molecular weight is 352 g/mol.